The predicted octanol–water partition coefficient (Wildman–Crippen LogP) is 12.7. The average molecular weight is 859 g/mol. The summed E-state index contributed by atoms with van der Waals surface area (Å²) in [6.45, 7) is 18.2. The quantitative estimate of drug-likeness (QED) is 0.155. The molecule has 0 atom stereocenters. The van der Waals surface area contributed by atoms with Crippen molar-refractivity contribution < 1.29 is 24.2 Å². The monoisotopic (exact) mass is 854 g/mol. The summed E-state index contributed by atoms with van der Waals surface area (Å²) in [5.41, 5.74) is 14.2. The van der Waals surface area contributed by atoms with Crippen molar-refractivity contribution in [1.29, 1.82) is 0 Å². The molecule has 0 amide bonds. The van der Waals surface area contributed by atoms with Crippen LogP contribution in [0.3, 0.4) is 0 Å². The molecule has 0 fully saturated rings. The molecule has 0 nitrogen and oxygen atoms in total. The van der Waals surface area contributed by atoms with Crippen molar-refractivity contribution in [3.8, 4) is 11.1 Å². The van der Waals surface area contributed by atoms with Crippen LogP contribution in [0.15, 0.2) is 93.9 Å². The molecule has 0 aliphatic heterocycles. The maximum absolute atomic E-state index is 3.69. The number of hydrogen-bond acceptors (Lipinski definition) is 0. The molecule has 6 rings (SSSR count). The summed E-state index contributed by atoms with van der Waals surface area (Å²) < 4.78 is 3.62. The molecule has 0 aromatic heterocycles. The molecule has 240 valence electrons. The summed E-state index contributed by atoms with van der Waals surface area (Å²) in [6.07, 6.45) is 11.0. The number of aryl methyl sites for hydroxylation is 2. The molecule has 2 aliphatic rings. The largest absolute Gasteiger partial charge is 0.273 e. The summed E-state index contributed by atoms with van der Waals surface area (Å²) >= 11 is 8.43. The van der Waals surface area contributed by atoms with Gasteiger partial charge in [0.05, 0.1) is 0 Å². The van der Waals surface area contributed by atoms with E-state index in [1.165, 1.54) is 83.1 Å². The van der Waals surface area contributed by atoms with E-state index >= 15 is 0 Å². The maximum atomic E-state index is 3.69. The molecular formula is C41H44Br2Cl2Zr. The van der Waals surface area contributed by atoms with Gasteiger partial charge in [-0.25, -0.2) is 12.2 Å². The van der Waals surface area contributed by atoms with Gasteiger partial charge in [-0.2, -0.15) is 23.8 Å². The summed E-state index contributed by atoms with van der Waals surface area (Å²) in [7, 11) is 0. The average Bonchev–Trinajstić information content (AvgIpc) is 3.62. The molecule has 0 bridgehead atoms. The van der Waals surface area contributed by atoms with Gasteiger partial charge in [0.15, 0.2) is 0 Å². The minimum atomic E-state index is 0. The van der Waals surface area contributed by atoms with E-state index in [4.69, 9.17) is 0 Å². The first-order valence-electron chi connectivity index (χ1n) is 15.2. The Hall–Kier alpha value is -1.35. The van der Waals surface area contributed by atoms with Gasteiger partial charge in [-0.1, -0.05) is 71.6 Å². The summed E-state index contributed by atoms with van der Waals surface area (Å²) in [5, 5.41) is 0. The van der Waals surface area contributed by atoms with Crippen LogP contribution < -0.4 is 0 Å². The van der Waals surface area contributed by atoms with E-state index in [0.717, 1.165) is 21.8 Å². The van der Waals surface area contributed by atoms with Crippen LogP contribution in [0.2, 0.25) is 0 Å². The smallest absolute Gasteiger partial charge is 0.0129 e. The molecule has 5 heteroatoms. The second-order valence-corrected chi connectivity index (χ2v) is 16.7. The molecule has 0 radical (unpaired) electrons. The van der Waals surface area contributed by atoms with Gasteiger partial charge in [0, 0.05) is 0 Å². The minimum Gasteiger partial charge on any atom is -0.273 e. The van der Waals surface area contributed by atoms with Gasteiger partial charge in [-0.15, -0.1) is 47.9 Å². The van der Waals surface area contributed by atoms with Gasteiger partial charge >= 0.3 is 128 Å². The Morgan fingerprint density at radius 1 is 0.739 bits per heavy atom. The van der Waals surface area contributed by atoms with E-state index in [-0.39, 0.29) is 35.6 Å². The standard InChI is InChI=1S/C23H29.C13H8Br2.C5H5.2ClH.Zr/c1-14-9-16-11-17-10-15(2)21(23(6,7)8)13-19(17)18(16)12-20(14)22(3,4)5;14-12-5-1-3-10(8-12)7-11-4-2-6-13(15)9-11;1-2-4-5-3-1;;;/h9,12-13H,11H2,1-8H3;1-6,8-9H;1-3H,4H2;2*1H;/q-1;;-1;;;+2. The van der Waals surface area contributed by atoms with Crippen LogP contribution >= 0.6 is 56.7 Å². The van der Waals surface area contributed by atoms with Crippen LogP contribution in [-0.2, 0) is 41.5 Å². The molecule has 0 saturated carbocycles. The zero-order valence-corrected chi connectivity index (χ0v) is 35.3. The van der Waals surface area contributed by atoms with Gasteiger partial charge in [-0.05, 0) is 35.4 Å². The van der Waals surface area contributed by atoms with Crippen LogP contribution in [-0.4, -0.2) is 3.21 Å². The molecule has 4 aromatic rings. The van der Waals surface area contributed by atoms with Gasteiger partial charge in [0.2, 0.25) is 0 Å². The first-order chi connectivity index (χ1) is 20.6. The predicted molar refractivity (Wildman–Crippen MR) is 208 cm³/mol. The summed E-state index contributed by atoms with van der Waals surface area (Å²) in [5.74, 6) is 0. The van der Waals surface area contributed by atoms with Crippen LogP contribution in [0.1, 0.15) is 92.5 Å². The second kappa shape index (κ2) is 17.4. The molecule has 4 aromatic carbocycles. The number of benzene rings is 4. The first-order valence-corrected chi connectivity index (χ1v) is 18.0. The fourth-order valence-corrected chi connectivity index (χ4v) is 7.38. The number of halogens is 4. The Bertz CT molecular complexity index is 1610. The number of fused-ring (bicyclic) bond motifs is 3. The zero-order chi connectivity index (χ0) is 32.2. The Kier molecular flexibility index (Phi) is 15.4. The molecular weight excluding hydrogens is 814 g/mol. The van der Waals surface area contributed by atoms with E-state index in [1.807, 2.05) is 24.3 Å². The fourth-order valence-electron chi connectivity index (χ4n) is 5.82. The maximum Gasteiger partial charge on any atom is -0.0129 e. The molecule has 0 saturated heterocycles. The fraction of sp³-hybridized carbons (Fsp3) is 0.293. The van der Waals surface area contributed by atoms with Gasteiger partial charge < -0.3 is 0 Å². The normalized spacial score (nSPS) is 12.4. The Morgan fingerprint density at radius 2 is 1.28 bits per heavy atom. The van der Waals surface area contributed by atoms with Crippen molar-refractivity contribution in [2.45, 2.75) is 79.1 Å². The second-order valence-electron chi connectivity index (χ2n) is 13.6. The van der Waals surface area contributed by atoms with Crippen molar-refractivity contribution in [2.24, 2.45) is 0 Å². The third kappa shape index (κ3) is 10.6. The van der Waals surface area contributed by atoms with Gasteiger partial charge in [-0.3, -0.25) is 6.08 Å². The third-order valence-electron chi connectivity index (χ3n) is 7.89. The van der Waals surface area contributed by atoms with Crippen LogP contribution in [0.5, 0.6) is 0 Å². The van der Waals surface area contributed by atoms with E-state index in [0.29, 0.717) is 0 Å². The van der Waals surface area contributed by atoms with E-state index in [1.54, 1.807) is 0 Å². The number of allylic oxidation sites excluding steroid dienone is 4. The molecule has 0 spiro atoms. The Labute approximate surface area is 322 Å². The van der Waals surface area contributed by atoms with Crippen molar-refractivity contribution in [3.63, 3.8) is 0 Å². The number of rotatable bonds is 2. The van der Waals surface area contributed by atoms with E-state index < -0.39 is 0 Å². The molecule has 0 heterocycles. The van der Waals surface area contributed by atoms with Crippen molar-refractivity contribution in [2.75, 3.05) is 0 Å². The molecule has 46 heavy (non-hydrogen) atoms. The molecule has 2 aliphatic carbocycles. The van der Waals surface area contributed by atoms with Crippen LogP contribution in [0.25, 0.3) is 11.1 Å². The van der Waals surface area contributed by atoms with Crippen LogP contribution in [0, 0.1) is 26.0 Å². The van der Waals surface area contributed by atoms with E-state index in [2.05, 4.69) is 160 Å². The van der Waals surface area contributed by atoms with Crippen LogP contribution in [0.4, 0.5) is 0 Å². The van der Waals surface area contributed by atoms with Crippen molar-refractivity contribution in [1.82, 2.24) is 0 Å². The first kappa shape index (κ1) is 40.8. The third-order valence-corrected chi connectivity index (χ3v) is 10.3. The van der Waals surface area contributed by atoms with Gasteiger partial charge in [0.25, 0.3) is 0 Å². The van der Waals surface area contributed by atoms with Crippen molar-refractivity contribution >= 4 is 59.9 Å². The van der Waals surface area contributed by atoms with Crippen molar-refractivity contribution in [3.05, 3.63) is 151 Å². The van der Waals surface area contributed by atoms with Gasteiger partial charge in [0.1, 0.15) is 0 Å². The Morgan fingerprint density at radius 3 is 1.72 bits per heavy atom. The van der Waals surface area contributed by atoms with E-state index in [9.17, 15) is 0 Å². The summed E-state index contributed by atoms with van der Waals surface area (Å²) in [6, 6.07) is 27.8. The molecule has 0 unspecified atom stereocenters. The SMILES string of the molecule is Brc1cccc([C](=[Zr+2])c2cccc(Br)c2)c1.Cc1[c-]c2c(cc1C(C)(C)C)-c1cc(C(C)(C)C)c(C)cc1C2.Cl.Cl.[C-]1=CC=CC1. The zero-order valence-electron chi connectivity index (χ0n) is 28.1. The molecule has 0 N–H and O–H groups in total. The summed E-state index contributed by atoms with van der Waals surface area (Å²) in [4.78, 5) is 0. The minimum absolute atomic E-state index is 0. The topological polar surface area (TPSA) is 0 Å². The number of hydrogen-bond donors (Lipinski definition) is 0. The Balaban J connectivity index is 0.000000278.